The van der Waals surface area contributed by atoms with E-state index in [1.165, 1.54) is 11.1 Å². The Morgan fingerprint density at radius 1 is 0.674 bits per heavy atom. The summed E-state index contributed by atoms with van der Waals surface area (Å²) < 4.78 is 0. The van der Waals surface area contributed by atoms with Gasteiger partial charge in [0.1, 0.15) is 0 Å². The molecule has 0 fully saturated rings. The van der Waals surface area contributed by atoms with Gasteiger partial charge in [-0.15, -0.1) is 0 Å². The third-order valence-electron chi connectivity index (χ3n) is 5.59. The minimum atomic E-state index is -0.833. The fraction of sp³-hybridized carbons (Fsp3) is 0.156. The van der Waals surface area contributed by atoms with Gasteiger partial charge in [0.25, 0.3) is 17.9 Å². The maximum absolute atomic E-state index is 9.00. The van der Waals surface area contributed by atoms with E-state index in [0.717, 1.165) is 72.2 Å². The highest BCUT2D eigenvalue weighted by Crippen LogP contribution is 2.26. The molecule has 11 nitrogen and oxygen atoms in total. The molecule has 0 saturated heterocycles. The van der Waals surface area contributed by atoms with Crippen molar-refractivity contribution < 1.29 is 29.7 Å². The molecular weight excluding hydrogens is 550 g/mol. The molecule has 6 heterocycles. The number of carboxylic acids is 3. The lowest BCUT2D eigenvalue weighted by Gasteiger charge is -2.16. The van der Waals surface area contributed by atoms with Crippen LogP contribution >= 0.6 is 0 Å². The van der Waals surface area contributed by atoms with Gasteiger partial charge in [0.15, 0.2) is 0 Å². The number of nitrogens with zero attached hydrogens (tertiary/aromatic N) is 3. The van der Waals surface area contributed by atoms with Crippen LogP contribution in [0.15, 0.2) is 60.8 Å². The normalized spacial score (nSPS) is 12.5. The first-order chi connectivity index (χ1) is 20.4. The SMILES string of the molecule is CC(=O)O.CC(=O)O.CC(=O)O.CN1C=CC(c2cc3cc4ccc(cc5nc(cc6nc(cc2[nH]3)C=C6)C=C5)[nH]4)=CC1. The summed E-state index contributed by atoms with van der Waals surface area (Å²) in [5.41, 5.74) is 10.2. The Kier molecular flexibility index (Phi) is 10.9. The predicted octanol–water partition coefficient (Wildman–Crippen LogP) is 5.77. The van der Waals surface area contributed by atoms with Gasteiger partial charge in [-0.1, -0.05) is 6.08 Å². The van der Waals surface area contributed by atoms with Gasteiger partial charge < -0.3 is 30.2 Å². The van der Waals surface area contributed by atoms with E-state index in [1.54, 1.807) is 0 Å². The van der Waals surface area contributed by atoms with Crippen LogP contribution in [0.3, 0.4) is 0 Å². The van der Waals surface area contributed by atoms with Crippen LogP contribution in [-0.2, 0) is 14.4 Å². The second-order valence-electron chi connectivity index (χ2n) is 9.56. The zero-order chi connectivity index (χ0) is 31.5. The number of carbonyl (C=O) groups is 3. The second kappa shape index (κ2) is 14.8. The summed E-state index contributed by atoms with van der Waals surface area (Å²) >= 11 is 0. The molecule has 43 heavy (non-hydrogen) atoms. The molecule has 0 radical (unpaired) electrons. The van der Waals surface area contributed by atoms with Crippen molar-refractivity contribution in [1.82, 2.24) is 24.8 Å². The average molecular weight is 584 g/mol. The molecule has 8 bridgehead atoms. The molecule has 0 aromatic carbocycles. The van der Waals surface area contributed by atoms with Crippen molar-refractivity contribution in [3.05, 3.63) is 89.2 Å². The third-order valence-corrected chi connectivity index (χ3v) is 5.59. The molecule has 0 amide bonds. The van der Waals surface area contributed by atoms with Crippen molar-refractivity contribution in [2.24, 2.45) is 0 Å². The predicted molar refractivity (Wildman–Crippen MR) is 169 cm³/mol. The minimum absolute atomic E-state index is 0.833. The number of aliphatic carboxylic acids is 3. The molecule has 11 heteroatoms. The Balaban J connectivity index is 0.000000363. The van der Waals surface area contributed by atoms with Gasteiger partial charge in [-0.3, -0.25) is 14.4 Å². The van der Waals surface area contributed by atoms with Crippen LogP contribution in [0.25, 0.3) is 51.9 Å². The number of hydrogen-bond acceptors (Lipinski definition) is 6. The van der Waals surface area contributed by atoms with E-state index in [1.807, 2.05) is 30.4 Å². The van der Waals surface area contributed by atoms with Crippen LogP contribution in [-0.4, -0.2) is 71.7 Å². The Morgan fingerprint density at radius 2 is 1.16 bits per heavy atom. The fourth-order valence-electron chi connectivity index (χ4n) is 4.04. The summed E-state index contributed by atoms with van der Waals surface area (Å²) in [5, 5.41) is 22.2. The van der Waals surface area contributed by atoms with Gasteiger partial charge in [0.05, 0.1) is 22.8 Å². The van der Waals surface area contributed by atoms with Crippen molar-refractivity contribution in [3.8, 4) is 0 Å². The number of likely N-dealkylation sites (N-methyl/N-ethyl adjacent to an activating group) is 1. The molecule has 0 saturated carbocycles. The van der Waals surface area contributed by atoms with E-state index in [4.69, 9.17) is 34.7 Å². The van der Waals surface area contributed by atoms with E-state index in [-0.39, 0.29) is 0 Å². The summed E-state index contributed by atoms with van der Waals surface area (Å²) in [4.78, 5) is 45.7. The standard InChI is InChI=1S/C26H21N5.3C2H4O2/c1-31-10-8-17(9-11-31)25-15-24-14-22-5-4-20(28-22)12-18-2-3-19(27-18)13-21-6-7-23(29-21)16-26(25)30-24;3*1-2(3)4/h2-10,12-16,28,30H,11H2,1H3;3*1H3,(H,3,4). The number of rotatable bonds is 1. The lowest BCUT2D eigenvalue weighted by Crippen LogP contribution is -2.13. The quantitative estimate of drug-likeness (QED) is 0.164. The summed E-state index contributed by atoms with van der Waals surface area (Å²) in [6.07, 6.45) is 14.7. The van der Waals surface area contributed by atoms with Gasteiger partial charge in [-0.05, 0) is 84.6 Å². The van der Waals surface area contributed by atoms with E-state index in [2.05, 4.69) is 81.6 Å². The summed E-state index contributed by atoms with van der Waals surface area (Å²) in [6, 6.07) is 14.7. The van der Waals surface area contributed by atoms with Crippen molar-refractivity contribution >= 4 is 69.9 Å². The first kappa shape index (κ1) is 31.8. The van der Waals surface area contributed by atoms with Gasteiger partial charge in [-0.25, -0.2) is 9.97 Å². The lowest BCUT2D eigenvalue weighted by molar-refractivity contribution is -0.135. The minimum Gasteiger partial charge on any atom is -0.481 e. The molecule has 3 aromatic rings. The number of aromatic amines is 2. The second-order valence-corrected chi connectivity index (χ2v) is 9.56. The maximum atomic E-state index is 9.00. The smallest absolute Gasteiger partial charge is 0.300 e. The molecule has 0 aliphatic carbocycles. The number of fused-ring (bicyclic) bond motifs is 8. The molecule has 222 valence electrons. The van der Waals surface area contributed by atoms with Crippen LogP contribution in [0.4, 0.5) is 0 Å². The molecule has 3 aliphatic rings. The molecule has 3 aliphatic heterocycles. The number of allylic oxidation sites excluding steroid dienone is 2. The van der Waals surface area contributed by atoms with Crippen molar-refractivity contribution in [1.29, 1.82) is 0 Å². The first-order valence-electron chi connectivity index (χ1n) is 13.1. The van der Waals surface area contributed by atoms with Crippen LogP contribution in [0.1, 0.15) is 49.1 Å². The molecule has 0 spiro atoms. The first-order valence-corrected chi connectivity index (χ1v) is 13.1. The summed E-state index contributed by atoms with van der Waals surface area (Å²) in [6.45, 7) is 4.15. The number of hydrogen-bond donors (Lipinski definition) is 5. The molecule has 6 rings (SSSR count). The van der Waals surface area contributed by atoms with Crippen LogP contribution in [0, 0.1) is 0 Å². The highest BCUT2D eigenvalue weighted by molar-refractivity contribution is 5.89. The van der Waals surface area contributed by atoms with Crippen LogP contribution in [0.5, 0.6) is 0 Å². The molecule has 0 atom stereocenters. The fourth-order valence-corrected chi connectivity index (χ4v) is 4.04. The molecule has 5 N–H and O–H groups in total. The highest BCUT2D eigenvalue weighted by atomic mass is 16.4. The van der Waals surface area contributed by atoms with E-state index < -0.39 is 17.9 Å². The number of H-pyrrole nitrogens is 2. The van der Waals surface area contributed by atoms with Crippen LogP contribution in [0.2, 0.25) is 0 Å². The zero-order valence-electron chi connectivity index (χ0n) is 24.2. The largest absolute Gasteiger partial charge is 0.481 e. The van der Waals surface area contributed by atoms with Gasteiger partial charge in [-0.2, -0.15) is 0 Å². The molecule has 0 unspecified atom stereocenters. The van der Waals surface area contributed by atoms with Gasteiger partial charge >= 0.3 is 0 Å². The Labute approximate surface area is 247 Å². The van der Waals surface area contributed by atoms with Gasteiger partial charge in [0.2, 0.25) is 0 Å². The third kappa shape index (κ3) is 10.7. The van der Waals surface area contributed by atoms with E-state index in [9.17, 15) is 0 Å². The molecular formula is C32H33N5O6. The number of aromatic nitrogens is 4. The summed E-state index contributed by atoms with van der Waals surface area (Å²) in [7, 11) is 2.08. The Hall–Kier alpha value is -5.71. The van der Waals surface area contributed by atoms with Crippen LogP contribution < -0.4 is 0 Å². The van der Waals surface area contributed by atoms with Gasteiger partial charge in [0, 0.05) is 62.0 Å². The topological polar surface area (TPSA) is 172 Å². The highest BCUT2D eigenvalue weighted by Gasteiger charge is 2.09. The Morgan fingerprint density at radius 3 is 1.67 bits per heavy atom. The monoisotopic (exact) mass is 583 g/mol. The van der Waals surface area contributed by atoms with Crippen molar-refractivity contribution in [3.63, 3.8) is 0 Å². The average Bonchev–Trinajstić information content (AvgIpc) is 3.69. The lowest BCUT2D eigenvalue weighted by atomic mass is 10.0. The number of nitrogens with one attached hydrogen (secondary N) is 2. The maximum Gasteiger partial charge on any atom is 0.300 e. The van der Waals surface area contributed by atoms with E-state index >= 15 is 0 Å². The zero-order valence-corrected chi connectivity index (χ0v) is 24.2. The van der Waals surface area contributed by atoms with E-state index in [0.29, 0.717) is 0 Å². The van der Waals surface area contributed by atoms with Crippen molar-refractivity contribution in [2.45, 2.75) is 20.8 Å². The Bertz CT molecular complexity index is 1750. The number of carboxylic acid groups (broad SMARTS) is 3. The summed E-state index contributed by atoms with van der Waals surface area (Å²) in [5.74, 6) is -2.50. The molecule has 3 aromatic heterocycles. The van der Waals surface area contributed by atoms with Crippen molar-refractivity contribution in [2.75, 3.05) is 13.6 Å².